The van der Waals surface area contributed by atoms with Crippen LogP contribution >= 0.6 is 0 Å². The monoisotopic (exact) mass is 449 g/mol. The van der Waals surface area contributed by atoms with E-state index in [1.54, 1.807) is 25.1 Å². The van der Waals surface area contributed by atoms with Crippen LogP contribution in [0.3, 0.4) is 0 Å². The Kier molecular flexibility index (Phi) is 5.93. The number of para-hydroxylation sites is 1. The molecule has 1 heterocycles. The Labute approximate surface area is 189 Å². The predicted octanol–water partition coefficient (Wildman–Crippen LogP) is 4.74. The largest absolute Gasteiger partial charge is 0.371 e. The molecule has 0 saturated carbocycles. The number of hydrogen-bond donors (Lipinski definition) is 2. The van der Waals surface area contributed by atoms with Gasteiger partial charge in [-0.25, -0.2) is 8.42 Å². The van der Waals surface area contributed by atoms with Crippen LogP contribution < -0.4 is 14.9 Å². The number of carbonyl (C=O) groups is 1. The van der Waals surface area contributed by atoms with Gasteiger partial charge in [-0.15, -0.1) is 0 Å². The van der Waals surface area contributed by atoms with Gasteiger partial charge in [0.15, 0.2) is 0 Å². The van der Waals surface area contributed by atoms with Gasteiger partial charge in [-0.2, -0.15) is 0 Å². The Morgan fingerprint density at radius 3 is 2.53 bits per heavy atom. The van der Waals surface area contributed by atoms with E-state index in [9.17, 15) is 13.2 Å². The second-order valence-corrected chi connectivity index (χ2v) is 9.71. The van der Waals surface area contributed by atoms with Crippen LogP contribution in [0.5, 0.6) is 0 Å². The highest BCUT2D eigenvalue weighted by atomic mass is 32.2. The molecule has 0 unspecified atom stereocenters. The van der Waals surface area contributed by atoms with E-state index in [-0.39, 0.29) is 10.8 Å². The molecule has 32 heavy (non-hydrogen) atoms. The highest BCUT2D eigenvalue weighted by molar-refractivity contribution is 7.92. The summed E-state index contributed by atoms with van der Waals surface area (Å²) in [6.07, 6.45) is 1.00. The summed E-state index contributed by atoms with van der Waals surface area (Å²) in [4.78, 5) is 15.4. The number of sulfonamides is 1. The summed E-state index contributed by atoms with van der Waals surface area (Å²) in [6, 6.07) is 17.7. The van der Waals surface area contributed by atoms with Crippen molar-refractivity contribution in [1.82, 2.24) is 0 Å². The molecule has 6 nitrogen and oxygen atoms in total. The molecule has 0 spiro atoms. The first kappa shape index (κ1) is 21.9. The maximum atomic E-state index is 13.0. The van der Waals surface area contributed by atoms with Gasteiger partial charge in [0, 0.05) is 30.0 Å². The fourth-order valence-electron chi connectivity index (χ4n) is 3.95. The van der Waals surface area contributed by atoms with Gasteiger partial charge < -0.3 is 10.2 Å². The third-order valence-electron chi connectivity index (χ3n) is 5.87. The van der Waals surface area contributed by atoms with Crippen molar-refractivity contribution < 1.29 is 13.2 Å². The summed E-state index contributed by atoms with van der Waals surface area (Å²) in [5.41, 5.74) is 5.47. The standard InChI is InChI=1S/C25H27N3O3S/c1-4-28-14-13-19-10-11-20(15-24(19)28)26-25(29)22-16-21(12-9-17(22)2)32(30,31)27-23-8-6-5-7-18(23)3/h5-12,15-16,27H,4,13-14H2,1-3H3,(H,26,29). The van der Waals surface area contributed by atoms with Crippen molar-refractivity contribution in [2.75, 3.05) is 28.0 Å². The summed E-state index contributed by atoms with van der Waals surface area (Å²) >= 11 is 0. The Balaban J connectivity index is 1.59. The van der Waals surface area contributed by atoms with Crippen LogP contribution in [0.25, 0.3) is 0 Å². The van der Waals surface area contributed by atoms with E-state index in [4.69, 9.17) is 0 Å². The maximum Gasteiger partial charge on any atom is 0.261 e. The van der Waals surface area contributed by atoms with Crippen molar-refractivity contribution in [2.24, 2.45) is 0 Å². The smallest absolute Gasteiger partial charge is 0.261 e. The van der Waals surface area contributed by atoms with Crippen molar-refractivity contribution in [3.8, 4) is 0 Å². The molecule has 2 N–H and O–H groups in total. The van der Waals surface area contributed by atoms with Gasteiger partial charge in [-0.1, -0.05) is 30.3 Å². The normalized spacial score (nSPS) is 13.0. The number of rotatable bonds is 6. The van der Waals surface area contributed by atoms with Crippen molar-refractivity contribution in [3.05, 3.63) is 82.9 Å². The van der Waals surface area contributed by atoms with Crippen molar-refractivity contribution in [2.45, 2.75) is 32.1 Å². The summed E-state index contributed by atoms with van der Waals surface area (Å²) in [5, 5.41) is 2.93. The lowest BCUT2D eigenvalue weighted by Crippen LogP contribution is -2.20. The molecule has 1 aliphatic rings. The molecule has 3 aromatic rings. The van der Waals surface area contributed by atoms with Gasteiger partial charge in [-0.3, -0.25) is 9.52 Å². The molecule has 0 bridgehead atoms. The van der Waals surface area contributed by atoms with Crippen LogP contribution in [0, 0.1) is 13.8 Å². The molecule has 166 valence electrons. The highest BCUT2D eigenvalue weighted by Gasteiger charge is 2.21. The number of carbonyl (C=O) groups excluding carboxylic acids is 1. The number of nitrogens with one attached hydrogen (secondary N) is 2. The lowest BCUT2D eigenvalue weighted by Gasteiger charge is -2.18. The van der Waals surface area contributed by atoms with E-state index in [0.717, 1.165) is 30.8 Å². The SMILES string of the molecule is CCN1CCc2ccc(NC(=O)c3cc(S(=O)(=O)Nc4ccccc4C)ccc3C)cc21. The number of amides is 1. The van der Waals surface area contributed by atoms with Crippen molar-refractivity contribution in [1.29, 1.82) is 0 Å². The van der Waals surface area contributed by atoms with Gasteiger partial charge in [0.1, 0.15) is 0 Å². The van der Waals surface area contributed by atoms with Crippen LogP contribution in [0.15, 0.2) is 65.6 Å². The fraction of sp³-hybridized carbons (Fsp3) is 0.240. The van der Waals surface area contributed by atoms with Gasteiger partial charge in [0.05, 0.1) is 10.6 Å². The minimum Gasteiger partial charge on any atom is -0.371 e. The highest BCUT2D eigenvalue weighted by Crippen LogP contribution is 2.31. The van der Waals surface area contributed by atoms with Gasteiger partial charge in [-0.05, 0) is 74.2 Å². The zero-order chi connectivity index (χ0) is 22.9. The molecule has 0 aromatic heterocycles. The first-order chi connectivity index (χ1) is 15.3. The number of anilines is 3. The van der Waals surface area contributed by atoms with E-state index >= 15 is 0 Å². The zero-order valence-electron chi connectivity index (χ0n) is 18.5. The van der Waals surface area contributed by atoms with Crippen molar-refractivity contribution in [3.63, 3.8) is 0 Å². The van der Waals surface area contributed by atoms with E-state index in [2.05, 4.69) is 21.9 Å². The average molecular weight is 450 g/mol. The third-order valence-corrected chi connectivity index (χ3v) is 7.23. The Morgan fingerprint density at radius 1 is 1.00 bits per heavy atom. The molecule has 7 heteroatoms. The van der Waals surface area contributed by atoms with Gasteiger partial charge in [0.2, 0.25) is 0 Å². The first-order valence-electron chi connectivity index (χ1n) is 10.7. The second kappa shape index (κ2) is 8.67. The molecule has 1 aliphatic heterocycles. The number of nitrogens with zero attached hydrogens (tertiary/aromatic N) is 1. The van der Waals surface area contributed by atoms with E-state index < -0.39 is 10.0 Å². The predicted molar refractivity (Wildman–Crippen MR) is 129 cm³/mol. The second-order valence-electron chi connectivity index (χ2n) is 8.02. The molecule has 3 aromatic carbocycles. The van der Waals surface area contributed by atoms with Crippen LogP contribution in [0.4, 0.5) is 17.1 Å². The van der Waals surface area contributed by atoms with Gasteiger partial charge in [0.25, 0.3) is 15.9 Å². The summed E-state index contributed by atoms with van der Waals surface area (Å²) in [5.74, 6) is -0.337. The van der Waals surface area contributed by atoms with Crippen molar-refractivity contribution >= 4 is 33.0 Å². The Bertz CT molecular complexity index is 1290. The van der Waals surface area contributed by atoms with Gasteiger partial charge >= 0.3 is 0 Å². The zero-order valence-corrected chi connectivity index (χ0v) is 19.3. The van der Waals surface area contributed by atoms with E-state index in [1.807, 2.05) is 37.3 Å². The lowest BCUT2D eigenvalue weighted by atomic mass is 10.1. The number of aryl methyl sites for hydroxylation is 2. The van der Waals surface area contributed by atoms with E-state index in [1.165, 1.54) is 17.7 Å². The number of benzene rings is 3. The number of hydrogen-bond acceptors (Lipinski definition) is 4. The Hall–Kier alpha value is -3.32. The Morgan fingerprint density at radius 2 is 1.78 bits per heavy atom. The third kappa shape index (κ3) is 4.34. The number of fused-ring (bicyclic) bond motifs is 1. The molecule has 0 radical (unpaired) electrons. The molecule has 0 saturated heterocycles. The molecule has 4 rings (SSSR count). The van der Waals surface area contributed by atoms with Crippen LogP contribution in [0.1, 0.15) is 34.0 Å². The molecular formula is C25H27N3O3S. The quantitative estimate of drug-likeness (QED) is 0.570. The minimum absolute atomic E-state index is 0.0441. The van der Waals surface area contributed by atoms with Crippen LogP contribution in [-0.4, -0.2) is 27.4 Å². The van der Waals surface area contributed by atoms with Crippen LogP contribution in [0.2, 0.25) is 0 Å². The topological polar surface area (TPSA) is 78.5 Å². The first-order valence-corrected chi connectivity index (χ1v) is 12.1. The summed E-state index contributed by atoms with van der Waals surface area (Å²) in [6.45, 7) is 7.64. The maximum absolute atomic E-state index is 13.0. The lowest BCUT2D eigenvalue weighted by molar-refractivity contribution is 0.102. The minimum atomic E-state index is -3.84. The summed E-state index contributed by atoms with van der Waals surface area (Å²) in [7, 11) is -3.84. The van der Waals surface area contributed by atoms with Crippen LogP contribution in [-0.2, 0) is 16.4 Å². The molecule has 1 amide bonds. The molecule has 0 aliphatic carbocycles. The van der Waals surface area contributed by atoms with E-state index in [0.29, 0.717) is 22.5 Å². The molecule has 0 atom stereocenters. The molecular weight excluding hydrogens is 422 g/mol. The summed E-state index contributed by atoms with van der Waals surface area (Å²) < 4.78 is 28.5. The average Bonchev–Trinajstić information content (AvgIpc) is 3.17. The fourth-order valence-corrected chi connectivity index (χ4v) is 5.11. The number of likely N-dealkylation sites (N-methyl/N-ethyl adjacent to an activating group) is 1. The molecule has 0 fully saturated rings.